The molecule has 0 bridgehead atoms. The Morgan fingerprint density at radius 3 is 2.92 bits per heavy atom. The van der Waals surface area contributed by atoms with Crippen molar-refractivity contribution in [3.8, 4) is 17.0 Å². The van der Waals surface area contributed by atoms with E-state index in [1.165, 1.54) is 6.07 Å². The molecule has 4 rings (SSSR count). The normalized spacial score (nSPS) is 17.9. The molecule has 1 unspecified atom stereocenters. The summed E-state index contributed by atoms with van der Waals surface area (Å²) in [4.78, 5) is 15.5. The lowest BCUT2D eigenvalue weighted by atomic mass is 10.1. The highest BCUT2D eigenvalue weighted by atomic mass is 16.5. The standard InChI is InChI=1S/C19H19NO4/c21-18-10-19(24-12-15-3-1-2-7-23-15)20-17-9-13(4-5-16(17)18)14-6-8-22-11-14/h4-6,8-11,15H,1-3,7,12H2,(H,20,21). The van der Waals surface area contributed by atoms with Crippen molar-refractivity contribution in [1.29, 1.82) is 0 Å². The number of pyridine rings is 1. The third-order valence-electron chi connectivity index (χ3n) is 4.36. The number of aromatic amines is 1. The van der Waals surface area contributed by atoms with E-state index in [4.69, 9.17) is 13.9 Å². The van der Waals surface area contributed by atoms with Crippen LogP contribution < -0.4 is 10.2 Å². The monoisotopic (exact) mass is 325 g/mol. The molecule has 2 aromatic heterocycles. The van der Waals surface area contributed by atoms with Crippen molar-refractivity contribution in [3.05, 3.63) is 53.1 Å². The first-order chi connectivity index (χ1) is 11.8. The lowest BCUT2D eigenvalue weighted by Crippen LogP contribution is -2.26. The summed E-state index contributed by atoms with van der Waals surface area (Å²) in [7, 11) is 0. The molecule has 1 atom stereocenters. The molecule has 0 spiro atoms. The van der Waals surface area contributed by atoms with Crippen LogP contribution >= 0.6 is 0 Å². The van der Waals surface area contributed by atoms with Gasteiger partial charge in [-0.1, -0.05) is 6.07 Å². The van der Waals surface area contributed by atoms with Crippen LogP contribution in [0.1, 0.15) is 19.3 Å². The Balaban J connectivity index is 1.60. The van der Waals surface area contributed by atoms with Crippen LogP contribution in [-0.4, -0.2) is 24.3 Å². The number of ether oxygens (including phenoxy) is 2. The minimum absolute atomic E-state index is 0.0537. The SMILES string of the molecule is O=c1cc(OCC2CCCCO2)[nH]c2cc(-c3ccoc3)ccc12. The van der Waals surface area contributed by atoms with Crippen molar-refractivity contribution in [1.82, 2.24) is 4.98 Å². The van der Waals surface area contributed by atoms with E-state index < -0.39 is 0 Å². The minimum Gasteiger partial charge on any atom is -0.476 e. The molecule has 124 valence electrons. The molecule has 1 aliphatic heterocycles. The number of H-pyrrole nitrogens is 1. The number of hydrogen-bond donors (Lipinski definition) is 1. The van der Waals surface area contributed by atoms with E-state index in [-0.39, 0.29) is 11.5 Å². The summed E-state index contributed by atoms with van der Waals surface area (Å²) in [5.74, 6) is 0.478. The van der Waals surface area contributed by atoms with Gasteiger partial charge in [0.25, 0.3) is 0 Å². The number of nitrogens with one attached hydrogen (secondary N) is 1. The highest BCUT2D eigenvalue weighted by Gasteiger charge is 2.15. The topological polar surface area (TPSA) is 64.5 Å². The van der Waals surface area contributed by atoms with Crippen LogP contribution in [0.25, 0.3) is 22.0 Å². The summed E-state index contributed by atoms with van der Waals surface area (Å²) in [6.07, 6.45) is 6.69. The average Bonchev–Trinajstić information content (AvgIpc) is 3.15. The summed E-state index contributed by atoms with van der Waals surface area (Å²) in [6.45, 7) is 1.25. The molecular weight excluding hydrogens is 306 g/mol. The van der Waals surface area contributed by atoms with Gasteiger partial charge in [-0.05, 0) is 43.0 Å². The molecule has 3 heterocycles. The second kappa shape index (κ2) is 6.53. The van der Waals surface area contributed by atoms with Gasteiger partial charge < -0.3 is 18.9 Å². The molecule has 1 fully saturated rings. The fourth-order valence-electron chi connectivity index (χ4n) is 3.04. The van der Waals surface area contributed by atoms with Crippen LogP contribution in [0.15, 0.2) is 52.1 Å². The van der Waals surface area contributed by atoms with Crippen molar-refractivity contribution < 1.29 is 13.9 Å². The Morgan fingerprint density at radius 1 is 1.17 bits per heavy atom. The third-order valence-corrected chi connectivity index (χ3v) is 4.36. The molecule has 1 saturated heterocycles. The van der Waals surface area contributed by atoms with Crippen molar-refractivity contribution in [2.45, 2.75) is 25.4 Å². The lowest BCUT2D eigenvalue weighted by molar-refractivity contribution is -0.0119. The van der Waals surface area contributed by atoms with Gasteiger partial charge >= 0.3 is 0 Å². The van der Waals surface area contributed by atoms with E-state index in [2.05, 4.69) is 4.98 Å². The Kier molecular flexibility index (Phi) is 4.09. The predicted octanol–water partition coefficient (Wildman–Crippen LogP) is 3.74. The van der Waals surface area contributed by atoms with Crippen molar-refractivity contribution >= 4 is 10.9 Å². The maximum absolute atomic E-state index is 12.3. The van der Waals surface area contributed by atoms with E-state index >= 15 is 0 Å². The van der Waals surface area contributed by atoms with Gasteiger partial charge in [0.1, 0.15) is 6.61 Å². The van der Waals surface area contributed by atoms with Gasteiger partial charge in [-0.3, -0.25) is 4.79 Å². The number of benzene rings is 1. The molecule has 1 aliphatic rings. The van der Waals surface area contributed by atoms with Gasteiger partial charge in [0.15, 0.2) is 11.3 Å². The number of aromatic nitrogens is 1. The second-order valence-corrected chi connectivity index (χ2v) is 6.07. The fraction of sp³-hybridized carbons (Fsp3) is 0.316. The van der Waals surface area contributed by atoms with E-state index in [0.29, 0.717) is 17.9 Å². The van der Waals surface area contributed by atoms with Crippen LogP contribution in [0.4, 0.5) is 0 Å². The van der Waals surface area contributed by atoms with Crippen LogP contribution in [-0.2, 0) is 4.74 Å². The summed E-state index contributed by atoms with van der Waals surface area (Å²) in [5.41, 5.74) is 2.65. The summed E-state index contributed by atoms with van der Waals surface area (Å²) < 4.78 is 16.5. The number of hydrogen-bond acceptors (Lipinski definition) is 4. The molecule has 0 saturated carbocycles. The van der Waals surface area contributed by atoms with E-state index in [1.54, 1.807) is 12.5 Å². The first-order valence-electron chi connectivity index (χ1n) is 8.24. The van der Waals surface area contributed by atoms with Crippen molar-refractivity contribution in [3.63, 3.8) is 0 Å². The van der Waals surface area contributed by atoms with Crippen LogP contribution in [0.2, 0.25) is 0 Å². The fourth-order valence-corrected chi connectivity index (χ4v) is 3.04. The summed E-state index contributed by atoms with van der Waals surface area (Å²) in [5, 5.41) is 0.642. The Bertz CT molecular complexity index is 876. The molecule has 0 radical (unpaired) electrons. The quantitative estimate of drug-likeness (QED) is 0.794. The van der Waals surface area contributed by atoms with Gasteiger partial charge in [0.05, 0.1) is 24.1 Å². The second-order valence-electron chi connectivity index (χ2n) is 6.07. The zero-order valence-electron chi connectivity index (χ0n) is 13.3. The molecule has 0 aliphatic carbocycles. The van der Waals surface area contributed by atoms with E-state index in [0.717, 1.165) is 42.5 Å². The number of rotatable bonds is 4. The van der Waals surface area contributed by atoms with Crippen LogP contribution in [0.5, 0.6) is 5.88 Å². The van der Waals surface area contributed by atoms with Crippen LogP contribution in [0, 0.1) is 0 Å². The average molecular weight is 325 g/mol. The van der Waals surface area contributed by atoms with Gasteiger partial charge in [0, 0.05) is 23.6 Å². The molecule has 3 aromatic rings. The molecule has 1 aromatic carbocycles. The van der Waals surface area contributed by atoms with Gasteiger partial charge in [-0.25, -0.2) is 0 Å². The highest BCUT2D eigenvalue weighted by molar-refractivity contribution is 5.84. The molecule has 5 nitrogen and oxygen atoms in total. The summed E-state index contributed by atoms with van der Waals surface area (Å²) in [6, 6.07) is 9.07. The van der Waals surface area contributed by atoms with Gasteiger partial charge in [0.2, 0.25) is 0 Å². The maximum atomic E-state index is 12.3. The lowest BCUT2D eigenvalue weighted by Gasteiger charge is -2.22. The first kappa shape index (κ1) is 15.0. The van der Waals surface area contributed by atoms with Crippen LogP contribution in [0.3, 0.4) is 0 Å². The van der Waals surface area contributed by atoms with Crippen molar-refractivity contribution in [2.75, 3.05) is 13.2 Å². The molecule has 0 amide bonds. The largest absolute Gasteiger partial charge is 0.476 e. The Hall–Kier alpha value is -2.53. The van der Waals surface area contributed by atoms with E-state index in [1.807, 2.05) is 24.3 Å². The zero-order valence-corrected chi connectivity index (χ0v) is 13.3. The minimum atomic E-state index is -0.0537. The highest BCUT2D eigenvalue weighted by Crippen LogP contribution is 2.24. The molecule has 5 heteroatoms. The van der Waals surface area contributed by atoms with Gasteiger partial charge in [-0.2, -0.15) is 0 Å². The first-order valence-corrected chi connectivity index (χ1v) is 8.24. The third kappa shape index (κ3) is 3.08. The maximum Gasteiger partial charge on any atom is 0.195 e. The smallest absolute Gasteiger partial charge is 0.195 e. The number of furan rings is 1. The Labute approximate surface area is 139 Å². The van der Waals surface area contributed by atoms with E-state index in [9.17, 15) is 4.79 Å². The molecular formula is C19H19NO4. The van der Waals surface area contributed by atoms with Gasteiger partial charge in [-0.15, -0.1) is 0 Å². The number of fused-ring (bicyclic) bond motifs is 1. The van der Waals surface area contributed by atoms with Crippen molar-refractivity contribution in [2.24, 2.45) is 0 Å². The predicted molar refractivity (Wildman–Crippen MR) is 91.4 cm³/mol. The molecule has 24 heavy (non-hydrogen) atoms. The zero-order chi connectivity index (χ0) is 16.4. The Morgan fingerprint density at radius 2 is 2.12 bits per heavy atom. The molecule has 1 N–H and O–H groups in total. The summed E-state index contributed by atoms with van der Waals surface area (Å²) >= 11 is 0.